The van der Waals surface area contributed by atoms with Crippen LogP contribution in [-0.4, -0.2) is 87.0 Å². The number of pyridine rings is 1. The summed E-state index contributed by atoms with van der Waals surface area (Å²) in [5, 5.41) is 35.3. The number of piperidine rings is 1. The van der Waals surface area contributed by atoms with Gasteiger partial charge in [0.1, 0.15) is 15.5 Å². The van der Waals surface area contributed by atoms with Crippen molar-refractivity contribution in [1.29, 1.82) is 0 Å². The average molecular weight is 927 g/mol. The van der Waals surface area contributed by atoms with E-state index in [-0.39, 0.29) is 32.7 Å². The first kappa shape index (κ1) is 47.3. The Balaban J connectivity index is 0.836. The molecule has 1 atom stereocenters. The van der Waals surface area contributed by atoms with Crippen molar-refractivity contribution in [1.82, 2.24) is 15.2 Å². The number of amides is 1. The van der Waals surface area contributed by atoms with E-state index in [2.05, 4.69) is 15.2 Å². The number of likely N-dealkylation sites (tertiary alicyclic amines) is 1. The summed E-state index contributed by atoms with van der Waals surface area (Å²) in [6.07, 6.45) is 5.61. The van der Waals surface area contributed by atoms with Gasteiger partial charge in [-0.1, -0.05) is 111 Å². The van der Waals surface area contributed by atoms with Gasteiger partial charge in [-0.3, -0.25) is 8.98 Å². The number of phenols is 1. The summed E-state index contributed by atoms with van der Waals surface area (Å²) in [7, 11) is -9.16. The average Bonchev–Trinajstić information content (AvgIpc) is 3.30. The summed E-state index contributed by atoms with van der Waals surface area (Å²) in [5.41, 5.74) is 1.68. The Morgan fingerprint density at radius 1 is 0.738 bits per heavy atom. The molecule has 0 unspecified atom stereocenters. The lowest BCUT2D eigenvalue weighted by atomic mass is 10.0. The second kappa shape index (κ2) is 21.6. The number of aromatic nitrogens is 1. The van der Waals surface area contributed by atoms with E-state index < -0.39 is 43.4 Å². The van der Waals surface area contributed by atoms with Crippen molar-refractivity contribution in [2.45, 2.75) is 79.8 Å². The summed E-state index contributed by atoms with van der Waals surface area (Å²) < 4.78 is 66.2. The zero-order chi connectivity index (χ0) is 46.0. The first-order valence-corrected chi connectivity index (χ1v) is 24.7. The Hall–Kier alpha value is -5.66. The fourth-order valence-electron chi connectivity index (χ4n) is 8.34. The topological polar surface area (TPSA) is 216 Å². The van der Waals surface area contributed by atoms with Gasteiger partial charge in [0.2, 0.25) is 5.56 Å². The predicted octanol–water partition coefficient (Wildman–Crippen LogP) is 8.08. The van der Waals surface area contributed by atoms with Crippen molar-refractivity contribution in [2.75, 3.05) is 37.8 Å². The van der Waals surface area contributed by atoms with Gasteiger partial charge >= 0.3 is 16.2 Å². The minimum absolute atomic E-state index is 0.0224. The number of nitrogens with zero attached hydrogens (tertiary/aromatic N) is 2. The summed E-state index contributed by atoms with van der Waals surface area (Å²) in [4.78, 5) is 28.5. The number of H-pyrrole nitrogens is 1. The van der Waals surface area contributed by atoms with Crippen molar-refractivity contribution in [2.24, 2.45) is 0 Å². The molecule has 1 amide bonds. The number of unbranched alkanes of at least 4 members (excludes halogenated alkanes) is 6. The number of nitrogens with one attached hydrogen (secondary N) is 2. The van der Waals surface area contributed by atoms with Gasteiger partial charge in [0.15, 0.2) is 0 Å². The highest BCUT2D eigenvalue weighted by Crippen LogP contribution is 2.35. The van der Waals surface area contributed by atoms with Gasteiger partial charge in [-0.2, -0.15) is 16.8 Å². The molecule has 17 heteroatoms. The molecule has 0 radical (unpaired) electrons. The molecule has 344 valence electrons. The number of aliphatic hydroxyl groups is 1. The number of benzene rings is 5. The number of rotatable bonds is 21. The van der Waals surface area contributed by atoms with E-state index in [9.17, 15) is 41.7 Å². The van der Waals surface area contributed by atoms with Crippen LogP contribution >= 0.6 is 0 Å². The van der Waals surface area contributed by atoms with Crippen LogP contribution in [0.25, 0.3) is 32.8 Å². The SMILES string of the molecule is O=C(O)N(OS(=O)(=O)c1cccc2c(S(=O)(=O)OC3CCN(CCCCCCCCCNC[C@@H](O)c4ccc(O)c5[nH]c(=O)ccc45)CC3)cccc12)c1ccccc1-c1ccccc1. The number of phenolic OH excluding ortho intramolecular Hbond substituents is 1. The third-order valence-corrected chi connectivity index (χ3v) is 14.3. The number of para-hydroxylation sites is 1. The smallest absolute Gasteiger partial charge is 0.437 e. The van der Waals surface area contributed by atoms with Crippen molar-refractivity contribution in [3.05, 3.63) is 131 Å². The zero-order valence-corrected chi connectivity index (χ0v) is 37.5. The van der Waals surface area contributed by atoms with Crippen LogP contribution in [0.5, 0.6) is 5.75 Å². The molecule has 0 spiro atoms. The lowest BCUT2D eigenvalue weighted by Gasteiger charge is -2.31. The number of carbonyl (C=O) groups is 1. The lowest BCUT2D eigenvalue weighted by molar-refractivity contribution is 0.104. The number of hydroxylamine groups is 1. The number of hydrogen-bond donors (Lipinski definition) is 5. The number of aromatic amines is 1. The van der Waals surface area contributed by atoms with Crippen LogP contribution in [0, 0.1) is 0 Å². The van der Waals surface area contributed by atoms with Crippen molar-refractivity contribution >= 4 is 53.7 Å². The van der Waals surface area contributed by atoms with E-state index in [4.69, 9.17) is 8.47 Å². The van der Waals surface area contributed by atoms with Gasteiger partial charge in [-0.15, -0.1) is 9.35 Å². The van der Waals surface area contributed by atoms with E-state index in [1.807, 2.05) is 0 Å². The number of aliphatic hydroxyl groups excluding tert-OH is 1. The molecule has 65 heavy (non-hydrogen) atoms. The molecule has 7 rings (SSSR count). The third kappa shape index (κ3) is 11.8. The maximum Gasteiger partial charge on any atom is 0.437 e. The van der Waals surface area contributed by atoms with Gasteiger partial charge in [-0.05, 0) is 80.2 Å². The zero-order valence-electron chi connectivity index (χ0n) is 35.8. The number of fused-ring (bicyclic) bond motifs is 2. The Labute approximate surface area is 378 Å². The highest BCUT2D eigenvalue weighted by Gasteiger charge is 2.32. The van der Waals surface area contributed by atoms with Gasteiger partial charge < -0.3 is 30.5 Å². The summed E-state index contributed by atoms with van der Waals surface area (Å²) in [6.45, 7) is 3.42. The Morgan fingerprint density at radius 2 is 1.37 bits per heavy atom. The molecule has 1 fully saturated rings. The monoisotopic (exact) mass is 926 g/mol. The first-order chi connectivity index (χ1) is 31.3. The minimum Gasteiger partial charge on any atom is -0.506 e. The van der Waals surface area contributed by atoms with Gasteiger partial charge in [0.25, 0.3) is 10.1 Å². The van der Waals surface area contributed by atoms with Gasteiger partial charge in [0, 0.05) is 47.4 Å². The Bertz CT molecular complexity index is 2870. The number of anilines is 1. The van der Waals surface area contributed by atoms with Crippen LogP contribution in [0.15, 0.2) is 130 Å². The molecule has 5 N–H and O–H groups in total. The number of carboxylic acid groups (broad SMARTS) is 1. The molecule has 1 aliphatic heterocycles. The Kier molecular flexibility index (Phi) is 15.7. The molecule has 1 aliphatic rings. The first-order valence-electron chi connectivity index (χ1n) is 21.9. The molecule has 15 nitrogen and oxygen atoms in total. The van der Waals surface area contributed by atoms with E-state index >= 15 is 0 Å². The van der Waals surface area contributed by atoms with Crippen LogP contribution in [0.1, 0.15) is 69.5 Å². The van der Waals surface area contributed by atoms with Crippen molar-refractivity contribution in [3.63, 3.8) is 0 Å². The number of aromatic hydroxyl groups is 1. The lowest BCUT2D eigenvalue weighted by Crippen LogP contribution is -2.38. The molecule has 0 aliphatic carbocycles. The largest absolute Gasteiger partial charge is 0.506 e. The summed E-state index contributed by atoms with van der Waals surface area (Å²) in [6, 6.07) is 29.6. The van der Waals surface area contributed by atoms with Crippen molar-refractivity contribution in [3.8, 4) is 16.9 Å². The molecule has 0 saturated carbocycles. The second-order valence-electron chi connectivity index (χ2n) is 16.2. The van der Waals surface area contributed by atoms with E-state index in [1.165, 1.54) is 54.6 Å². The van der Waals surface area contributed by atoms with Crippen LogP contribution in [0.4, 0.5) is 10.5 Å². The van der Waals surface area contributed by atoms with Crippen LogP contribution < -0.4 is 15.9 Å². The molecule has 1 saturated heterocycles. The normalized spacial score (nSPS) is 14.5. The maximum atomic E-state index is 13.8. The van der Waals surface area contributed by atoms with Crippen LogP contribution in [0.3, 0.4) is 0 Å². The predicted molar refractivity (Wildman–Crippen MR) is 249 cm³/mol. The van der Waals surface area contributed by atoms with Crippen molar-refractivity contribution < 1.29 is 45.4 Å². The van der Waals surface area contributed by atoms with Crippen LogP contribution in [-0.2, 0) is 28.7 Å². The quantitative estimate of drug-likeness (QED) is 0.0263. The van der Waals surface area contributed by atoms with Gasteiger partial charge in [0.05, 0.1) is 23.4 Å². The molecule has 1 aromatic heterocycles. The minimum atomic E-state index is -4.83. The van der Waals surface area contributed by atoms with Gasteiger partial charge in [-0.25, -0.2) is 4.79 Å². The van der Waals surface area contributed by atoms with E-state index in [0.717, 1.165) is 58.0 Å². The molecular weight excluding hydrogens is 873 g/mol. The fourth-order valence-corrected chi connectivity index (χ4v) is 10.8. The molecule has 6 aromatic rings. The van der Waals surface area contributed by atoms with E-state index in [0.29, 0.717) is 65.1 Å². The molecule has 2 heterocycles. The third-order valence-electron chi connectivity index (χ3n) is 11.7. The highest BCUT2D eigenvalue weighted by atomic mass is 32.2. The molecular formula is C48H54N4O11S2. The number of hydrogen-bond acceptors (Lipinski definition) is 12. The summed E-state index contributed by atoms with van der Waals surface area (Å²) in [5.74, 6) is -0.0368. The standard InChI is InChI=1S/C48H54N4O11S2/c53-42-25-23-37(40-24-26-46(55)50-47(40)42)43(54)33-49-29-11-4-2-1-3-5-12-30-51-31-27-35(28-32-51)62-64(58,59)44-21-13-19-39-38(44)18-14-22-45(39)65(60,61)63-52(48(56)57)41-20-10-9-17-36(41)34-15-7-6-8-16-34/h6-10,13-26,35,43,49,53-54H,1-5,11-12,27-33H2,(H,50,55)(H,56,57)/t43-/m1/s1. The van der Waals surface area contributed by atoms with E-state index in [1.54, 1.807) is 60.7 Å². The molecule has 0 bridgehead atoms. The second-order valence-corrected chi connectivity index (χ2v) is 19.2. The highest BCUT2D eigenvalue weighted by molar-refractivity contribution is 7.87. The Morgan fingerprint density at radius 3 is 2.06 bits per heavy atom. The van der Waals surface area contributed by atoms with Crippen LogP contribution in [0.2, 0.25) is 0 Å². The fraction of sp³-hybridized carbons (Fsp3) is 0.333. The maximum absolute atomic E-state index is 13.8. The molecule has 5 aromatic carbocycles. The summed E-state index contributed by atoms with van der Waals surface area (Å²) >= 11 is 0.